The van der Waals surface area contributed by atoms with Gasteiger partial charge in [0, 0.05) is 12.1 Å². The highest BCUT2D eigenvalue weighted by molar-refractivity contribution is 8.04. The second-order valence-electron chi connectivity index (χ2n) is 4.82. The van der Waals surface area contributed by atoms with Crippen molar-refractivity contribution < 1.29 is 14.8 Å². The van der Waals surface area contributed by atoms with Gasteiger partial charge in [-0.1, -0.05) is 12.1 Å². The number of nitro benzene ring substituents is 1. The maximum Gasteiger partial charge on any atom is 0.342 e. The van der Waals surface area contributed by atoms with Gasteiger partial charge < -0.3 is 10.1 Å². The molecule has 120 valence electrons. The van der Waals surface area contributed by atoms with Crippen molar-refractivity contribution in [3.63, 3.8) is 0 Å². The number of carboxylic acid groups (broad SMARTS) is 1. The summed E-state index contributed by atoms with van der Waals surface area (Å²) in [6, 6.07) is 13.1. The number of hydrogen-bond donors (Lipinski definition) is 2. The van der Waals surface area contributed by atoms with Gasteiger partial charge in [-0.3, -0.25) is 10.1 Å². The van der Waals surface area contributed by atoms with Gasteiger partial charge in [-0.15, -0.1) is 0 Å². The fourth-order valence-electron chi connectivity index (χ4n) is 2.06. The van der Waals surface area contributed by atoms with Crippen LogP contribution in [0.15, 0.2) is 58.6 Å². The van der Waals surface area contributed by atoms with E-state index in [9.17, 15) is 20.0 Å². The van der Waals surface area contributed by atoms with Crippen molar-refractivity contribution in [3.8, 4) is 0 Å². The molecular formula is C16H11N3O4S. The molecule has 0 amide bonds. The molecule has 0 saturated carbocycles. The largest absolute Gasteiger partial charge is 0.477 e. The Balaban J connectivity index is 1.88. The van der Waals surface area contributed by atoms with Crippen LogP contribution in [-0.4, -0.2) is 26.0 Å². The third-order valence-electron chi connectivity index (χ3n) is 3.19. The lowest BCUT2D eigenvalue weighted by Crippen LogP contribution is -1.97. The fourth-order valence-corrected chi connectivity index (χ4v) is 2.86. The van der Waals surface area contributed by atoms with E-state index in [-0.39, 0.29) is 10.6 Å². The highest BCUT2D eigenvalue weighted by atomic mass is 32.2. The third kappa shape index (κ3) is 3.44. The smallest absolute Gasteiger partial charge is 0.342 e. The molecule has 1 heterocycles. The summed E-state index contributed by atoms with van der Waals surface area (Å²) in [5, 5.41) is 20.5. The molecule has 0 atom stereocenters. The molecule has 3 rings (SSSR count). The lowest BCUT2D eigenvalue weighted by Gasteiger charge is -2.00. The Hall–Kier alpha value is -3.13. The van der Waals surface area contributed by atoms with Gasteiger partial charge in [-0.05, 0) is 47.7 Å². The number of fused-ring (bicyclic) bond motifs is 1. The molecule has 2 N–H and O–H groups in total. The van der Waals surface area contributed by atoms with Gasteiger partial charge in [-0.2, -0.15) is 0 Å². The Morgan fingerprint density at radius 1 is 1.21 bits per heavy atom. The maximum absolute atomic E-state index is 11.5. The number of benzene rings is 2. The first-order chi connectivity index (χ1) is 11.5. The summed E-state index contributed by atoms with van der Waals surface area (Å²) in [4.78, 5) is 29.0. The van der Waals surface area contributed by atoms with Crippen LogP contribution in [0.1, 0.15) is 5.56 Å². The number of carbonyl (C=O) groups is 1. The minimum Gasteiger partial charge on any atom is -0.477 e. The third-order valence-corrected chi connectivity index (χ3v) is 4.09. The molecule has 0 radical (unpaired) electrons. The number of imidazole rings is 1. The molecule has 8 heteroatoms. The van der Waals surface area contributed by atoms with Gasteiger partial charge in [0.15, 0.2) is 5.16 Å². The average Bonchev–Trinajstić information content (AvgIpc) is 2.97. The number of aliphatic carboxylic acids is 1. The summed E-state index contributed by atoms with van der Waals surface area (Å²) in [5.74, 6) is -1.10. The standard InChI is InChI=1S/C16H11N3O4S/c20-15(21)14(9-10-5-7-11(8-6-10)19(22)23)24-16-17-12-3-1-2-4-13(12)18-16/h1-9H,(H,17,18)(H,20,21)/b14-9-. The van der Waals surface area contributed by atoms with Crippen molar-refractivity contribution in [1.29, 1.82) is 0 Å². The van der Waals surface area contributed by atoms with Crippen LogP contribution in [0.2, 0.25) is 0 Å². The van der Waals surface area contributed by atoms with Crippen LogP contribution < -0.4 is 0 Å². The molecule has 0 saturated heterocycles. The predicted molar refractivity (Wildman–Crippen MR) is 90.7 cm³/mol. The molecular weight excluding hydrogens is 330 g/mol. The first kappa shape index (κ1) is 15.8. The van der Waals surface area contributed by atoms with E-state index < -0.39 is 10.9 Å². The number of rotatable bonds is 5. The molecule has 3 aromatic rings. The molecule has 0 spiro atoms. The van der Waals surface area contributed by atoms with Crippen LogP contribution in [0, 0.1) is 10.1 Å². The number of nitrogens with zero attached hydrogens (tertiary/aromatic N) is 2. The fraction of sp³-hybridized carbons (Fsp3) is 0. The molecule has 0 aliphatic rings. The molecule has 0 unspecified atom stereocenters. The molecule has 0 aliphatic carbocycles. The number of hydrogen-bond acceptors (Lipinski definition) is 5. The lowest BCUT2D eigenvalue weighted by molar-refractivity contribution is -0.384. The summed E-state index contributed by atoms with van der Waals surface area (Å²) in [5.41, 5.74) is 2.08. The van der Waals surface area contributed by atoms with Crippen molar-refractivity contribution in [2.24, 2.45) is 0 Å². The number of non-ortho nitro benzene ring substituents is 1. The quantitative estimate of drug-likeness (QED) is 0.317. The molecule has 24 heavy (non-hydrogen) atoms. The van der Waals surface area contributed by atoms with Crippen LogP contribution in [-0.2, 0) is 4.79 Å². The zero-order valence-corrected chi connectivity index (χ0v) is 13.0. The lowest BCUT2D eigenvalue weighted by atomic mass is 10.2. The molecule has 0 bridgehead atoms. The highest BCUT2D eigenvalue weighted by Gasteiger charge is 2.13. The van der Waals surface area contributed by atoms with E-state index in [4.69, 9.17) is 0 Å². The molecule has 0 fully saturated rings. The summed E-state index contributed by atoms with van der Waals surface area (Å²) in [7, 11) is 0. The Kier molecular flexibility index (Phi) is 4.30. The van der Waals surface area contributed by atoms with Crippen LogP contribution >= 0.6 is 11.8 Å². The van der Waals surface area contributed by atoms with E-state index in [0.717, 1.165) is 22.8 Å². The number of carboxylic acids is 1. The number of para-hydroxylation sites is 2. The van der Waals surface area contributed by atoms with Gasteiger partial charge in [0.2, 0.25) is 0 Å². The van der Waals surface area contributed by atoms with E-state index in [1.54, 1.807) is 0 Å². The average molecular weight is 341 g/mol. The minimum absolute atomic E-state index is 0.0473. The number of thioether (sulfide) groups is 1. The van der Waals surface area contributed by atoms with Gasteiger partial charge in [0.25, 0.3) is 5.69 Å². The zero-order valence-electron chi connectivity index (χ0n) is 12.2. The van der Waals surface area contributed by atoms with Gasteiger partial charge in [0.1, 0.15) is 4.91 Å². The van der Waals surface area contributed by atoms with Crippen molar-refractivity contribution in [2.45, 2.75) is 5.16 Å². The number of aromatic nitrogens is 2. The van der Waals surface area contributed by atoms with Gasteiger partial charge in [0.05, 0.1) is 16.0 Å². The van der Waals surface area contributed by atoms with E-state index in [1.807, 2.05) is 24.3 Å². The summed E-state index contributed by atoms with van der Waals surface area (Å²) in [6.07, 6.45) is 1.45. The summed E-state index contributed by atoms with van der Waals surface area (Å²) < 4.78 is 0. The maximum atomic E-state index is 11.5. The number of H-pyrrole nitrogens is 1. The number of nitro groups is 1. The van der Waals surface area contributed by atoms with E-state index >= 15 is 0 Å². The Labute approximate surface area is 140 Å². The second kappa shape index (κ2) is 6.55. The van der Waals surface area contributed by atoms with Crippen LogP contribution in [0.25, 0.3) is 17.1 Å². The molecule has 2 aromatic carbocycles. The molecule has 1 aromatic heterocycles. The van der Waals surface area contributed by atoms with Crippen LogP contribution in [0.3, 0.4) is 0 Å². The van der Waals surface area contributed by atoms with Crippen LogP contribution in [0.4, 0.5) is 5.69 Å². The zero-order chi connectivity index (χ0) is 17.1. The predicted octanol–water partition coefficient (Wildman–Crippen LogP) is 3.69. The monoisotopic (exact) mass is 341 g/mol. The van der Waals surface area contributed by atoms with E-state index in [2.05, 4.69) is 9.97 Å². The second-order valence-corrected chi connectivity index (χ2v) is 5.85. The highest BCUT2D eigenvalue weighted by Crippen LogP contribution is 2.28. The van der Waals surface area contributed by atoms with Gasteiger partial charge in [-0.25, -0.2) is 9.78 Å². The van der Waals surface area contributed by atoms with Crippen molar-refractivity contribution in [1.82, 2.24) is 9.97 Å². The summed E-state index contributed by atoms with van der Waals surface area (Å²) >= 11 is 0.989. The SMILES string of the molecule is O=C(O)/C(=C/c1ccc([N+](=O)[O-])cc1)Sc1nc2ccccc2[nH]1. The van der Waals surface area contributed by atoms with Crippen molar-refractivity contribution in [2.75, 3.05) is 0 Å². The van der Waals surface area contributed by atoms with Crippen molar-refractivity contribution >= 4 is 40.5 Å². The van der Waals surface area contributed by atoms with Crippen LogP contribution in [0.5, 0.6) is 0 Å². The molecule has 7 nitrogen and oxygen atoms in total. The normalized spacial score (nSPS) is 11.6. The first-order valence-electron chi connectivity index (χ1n) is 6.85. The topological polar surface area (TPSA) is 109 Å². The Bertz CT molecular complexity index is 914. The van der Waals surface area contributed by atoms with Crippen molar-refractivity contribution in [3.05, 3.63) is 69.1 Å². The minimum atomic E-state index is -1.10. The molecule has 0 aliphatic heterocycles. The van der Waals surface area contributed by atoms with E-state index in [1.165, 1.54) is 30.3 Å². The van der Waals surface area contributed by atoms with Gasteiger partial charge >= 0.3 is 5.97 Å². The number of nitrogens with one attached hydrogen (secondary N) is 1. The van der Waals surface area contributed by atoms with E-state index in [0.29, 0.717) is 10.7 Å². The Morgan fingerprint density at radius 2 is 1.92 bits per heavy atom. The Morgan fingerprint density at radius 3 is 2.54 bits per heavy atom. The first-order valence-corrected chi connectivity index (χ1v) is 7.66. The summed E-state index contributed by atoms with van der Waals surface area (Å²) in [6.45, 7) is 0. The number of aromatic amines is 1.